The smallest absolute Gasteiger partial charge is 0.314 e. The van der Waals surface area contributed by atoms with Crippen LogP contribution in [0.25, 0.3) is 10.1 Å². The molecule has 0 radical (unpaired) electrons. The third-order valence-corrected chi connectivity index (χ3v) is 4.16. The lowest BCUT2D eigenvalue weighted by Crippen LogP contribution is -2.37. The number of aliphatic carboxylic acids is 1. The Bertz CT molecular complexity index is 591. The zero-order valence-corrected chi connectivity index (χ0v) is 12.4. The quantitative estimate of drug-likeness (QED) is 0.688. The first-order valence-electron chi connectivity index (χ1n) is 6.86. The summed E-state index contributed by atoms with van der Waals surface area (Å²) in [6.45, 7) is 0.943. The van der Waals surface area contributed by atoms with Gasteiger partial charge in [0.2, 0.25) is 0 Å². The normalized spacial score (nSPS) is 10.5. The van der Waals surface area contributed by atoms with Crippen LogP contribution >= 0.6 is 11.3 Å². The number of hydrogen-bond donors (Lipinski definition) is 3. The van der Waals surface area contributed by atoms with E-state index >= 15 is 0 Å². The van der Waals surface area contributed by atoms with Crippen LogP contribution in [-0.2, 0) is 11.2 Å². The first kappa shape index (κ1) is 15.3. The lowest BCUT2D eigenvalue weighted by Gasteiger charge is -2.06. The molecular formula is C15H18N2O3S. The molecule has 6 heteroatoms. The second-order valence-corrected chi connectivity index (χ2v) is 5.85. The molecule has 112 valence electrons. The summed E-state index contributed by atoms with van der Waals surface area (Å²) in [7, 11) is 0. The van der Waals surface area contributed by atoms with Crippen LogP contribution < -0.4 is 10.6 Å². The van der Waals surface area contributed by atoms with Gasteiger partial charge in [0, 0.05) is 29.1 Å². The molecule has 0 saturated carbocycles. The summed E-state index contributed by atoms with van der Waals surface area (Å²) in [6.07, 6.45) is 1.31. The number of amides is 2. The number of carbonyl (C=O) groups is 2. The van der Waals surface area contributed by atoms with Gasteiger partial charge in [0.25, 0.3) is 0 Å². The van der Waals surface area contributed by atoms with E-state index in [1.54, 1.807) is 11.3 Å². The summed E-state index contributed by atoms with van der Waals surface area (Å²) in [5.74, 6) is -0.845. The molecule has 1 aromatic carbocycles. The van der Waals surface area contributed by atoms with E-state index in [9.17, 15) is 9.59 Å². The van der Waals surface area contributed by atoms with Gasteiger partial charge in [-0.25, -0.2) is 4.79 Å². The van der Waals surface area contributed by atoms with E-state index in [2.05, 4.69) is 28.8 Å². The van der Waals surface area contributed by atoms with Crippen LogP contribution in [0.3, 0.4) is 0 Å². The van der Waals surface area contributed by atoms with Gasteiger partial charge in [-0.2, -0.15) is 0 Å². The van der Waals surface area contributed by atoms with Crippen LogP contribution in [0.4, 0.5) is 4.79 Å². The van der Waals surface area contributed by atoms with Gasteiger partial charge >= 0.3 is 12.0 Å². The van der Waals surface area contributed by atoms with Crippen LogP contribution in [0.1, 0.15) is 17.7 Å². The molecule has 0 spiro atoms. The minimum absolute atomic E-state index is 0.0715. The standard InChI is InChI=1S/C15H18N2O3S/c18-14(19)6-3-8-16-15(20)17-9-7-12-10-11-4-1-2-5-13(11)21-12/h1-2,4-5,10H,3,6-9H2,(H,18,19)(H2,16,17,20). The first-order chi connectivity index (χ1) is 10.1. The molecule has 0 unspecified atom stereocenters. The van der Waals surface area contributed by atoms with Crippen molar-refractivity contribution >= 4 is 33.4 Å². The van der Waals surface area contributed by atoms with Gasteiger partial charge in [-0.3, -0.25) is 4.79 Å². The number of urea groups is 1. The maximum atomic E-state index is 11.5. The largest absolute Gasteiger partial charge is 0.481 e. The van der Waals surface area contributed by atoms with Crippen molar-refractivity contribution in [2.24, 2.45) is 0 Å². The van der Waals surface area contributed by atoms with Gasteiger partial charge in [0.05, 0.1) is 0 Å². The van der Waals surface area contributed by atoms with Crippen LogP contribution in [0.2, 0.25) is 0 Å². The Kier molecular flexibility index (Phi) is 5.57. The second kappa shape index (κ2) is 7.64. The van der Waals surface area contributed by atoms with Gasteiger partial charge in [-0.1, -0.05) is 18.2 Å². The predicted octanol–water partition coefficient (Wildman–Crippen LogP) is 2.61. The van der Waals surface area contributed by atoms with E-state index in [-0.39, 0.29) is 12.5 Å². The summed E-state index contributed by atoms with van der Waals surface area (Å²) >= 11 is 1.74. The fourth-order valence-corrected chi connectivity index (χ4v) is 3.03. The Morgan fingerprint density at radius 3 is 2.67 bits per heavy atom. The van der Waals surface area contributed by atoms with Gasteiger partial charge in [-0.15, -0.1) is 11.3 Å². The molecule has 0 atom stereocenters. The Balaban J connectivity index is 1.66. The Hall–Kier alpha value is -2.08. The van der Waals surface area contributed by atoms with Crippen LogP contribution in [0, 0.1) is 0 Å². The molecule has 0 saturated heterocycles. The van der Waals surface area contributed by atoms with E-state index in [0.29, 0.717) is 19.5 Å². The van der Waals surface area contributed by atoms with Crippen LogP contribution in [0.15, 0.2) is 30.3 Å². The first-order valence-corrected chi connectivity index (χ1v) is 7.68. The summed E-state index contributed by atoms with van der Waals surface area (Å²) in [5, 5.41) is 15.1. The topological polar surface area (TPSA) is 78.4 Å². The van der Waals surface area contributed by atoms with E-state index in [4.69, 9.17) is 5.11 Å². The lowest BCUT2D eigenvalue weighted by molar-refractivity contribution is -0.137. The third kappa shape index (κ3) is 5.07. The summed E-state index contributed by atoms with van der Waals surface area (Å²) < 4.78 is 1.26. The fraction of sp³-hybridized carbons (Fsp3) is 0.333. The van der Waals surface area contributed by atoms with E-state index in [1.807, 2.05) is 12.1 Å². The minimum Gasteiger partial charge on any atom is -0.481 e. The molecule has 0 bridgehead atoms. The average molecular weight is 306 g/mol. The number of fused-ring (bicyclic) bond motifs is 1. The zero-order valence-electron chi connectivity index (χ0n) is 11.6. The number of carboxylic acid groups (broad SMARTS) is 1. The SMILES string of the molecule is O=C(O)CCCNC(=O)NCCc1cc2ccccc2s1. The monoisotopic (exact) mass is 306 g/mol. The highest BCUT2D eigenvalue weighted by atomic mass is 32.1. The highest BCUT2D eigenvalue weighted by molar-refractivity contribution is 7.19. The number of rotatable bonds is 7. The average Bonchev–Trinajstić information content (AvgIpc) is 2.86. The molecule has 3 N–H and O–H groups in total. The van der Waals surface area contributed by atoms with Crippen molar-refractivity contribution in [3.8, 4) is 0 Å². The Morgan fingerprint density at radius 1 is 1.14 bits per heavy atom. The number of hydrogen-bond acceptors (Lipinski definition) is 3. The van der Waals surface area contributed by atoms with Gasteiger partial charge in [-0.05, 0) is 30.4 Å². The molecule has 0 aliphatic heterocycles. The molecule has 5 nitrogen and oxygen atoms in total. The molecule has 2 amide bonds. The van der Waals surface area contributed by atoms with E-state index in [0.717, 1.165) is 6.42 Å². The van der Waals surface area contributed by atoms with E-state index in [1.165, 1.54) is 15.0 Å². The Morgan fingerprint density at radius 2 is 1.90 bits per heavy atom. The van der Waals surface area contributed by atoms with Crippen molar-refractivity contribution in [2.75, 3.05) is 13.1 Å². The maximum absolute atomic E-state index is 11.5. The summed E-state index contributed by atoms with van der Waals surface area (Å²) in [6, 6.07) is 10.1. The highest BCUT2D eigenvalue weighted by Gasteiger charge is 2.03. The maximum Gasteiger partial charge on any atom is 0.314 e. The second-order valence-electron chi connectivity index (χ2n) is 4.68. The van der Waals surface area contributed by atoms with Crippen LogP contribution in [-0.4, -0.2) is 30.2 Å². The van der Waals surface area contributed by atoms with E-state index < -0.39 is 5.97 Å². The Labute approximate surface area is 127 Å². The molecule has 0 fully saturated rings. The highest BCUT2D eigenvalue weighted by Crippen LogP contribution is 2.25. The molecular weight excluding hydrogens is 288 g/mol. The number of carbonyl (C=O) groups excluding carboxylic acids is 1. The molecule has 0 aliphatic carbocycles. The van der Waals surface area contributed by atoms with Crippen molar-refractivity contribution < 1.29 is 14.7 Å². The van der Waals surface area contributed by atoms with Crippen molar-refractivity contribution in [1.29, 1.82) is 0 Å². The lowest BCUT2D eigenvalue weighted by atomic mass is 10.2. The van der Waals surface area contributed by atoms with Gasteiger partial charge in [0.15, 0.2) is 0 Å². The molecule has 1 aromatic heterocycles. The third-order valence-electron chi connectivity index (χ3n) is 2.99. The molecule has 2 rings (SSSR count). The van der Waals surface area contributed by atoms with Gasteiger partial charge < -0.3 is 15.7 Å². The van der Waals surface area contributed by atoms with Crippen molar-refractivity contribution in [3.05, 3.63) is 35.2 Å². The predicted molar refractivity (Wildman–Crippen MR) is 83.8 cm³/mol. The number of nitrogens with one attached hydrogen (secondary N) is 2. The number of benzene rings is 1. The fourth-order valence-electron chi connectivity index (χ4n) is 1.96. The van der Waals surface area contributed by atoms with Crippen molar-refractivity contribution in [1.82, 2.24) is 10.6 Å². The number of thiophene rings is 1. The zero-order chi connectivity index (χ0) is 15.1. The number of carboxylic acids is 1. The van der Waals surface area contributed by atoms with Gasteiger partial charge in [0.1, 0.15) is 0 Å². The molecule has 0 aliphatic rings. The summed E-state index contributed by atoms with van der Waals surface area (Å²) in [4.78, 5) is 23.0. The summed E-state index contributed by atoms with van der Waals surface area (Å²) in [5.41, 5.74) is 0. The minimum atomic E-state index is -0.845. The van der Waals surface area contributed by atoms with Crippen molar-refractivity contribution in [3.63, 3.8) is 0 Å². The molecule has 1 heterocycles. The van der Waals surface area contributed by atoms with Crippen molar-refractivity contribution in [2.45, 2.75) is 19.3 Å². The molecule has 21 heavy (non-hydrogen) atoms. The molecule has 2 aromatic rings. The van der Waals surface area contributed by atoms with Crippen LogP contribution in [0.5, 0.6) is 0 Å².